The first-order valence-electron chi connectivity index (χ1n) is 5.35. The number of likely N-dealkylation sites (N-methyl/N-ethyl adjacent to an activating group) is 1. The number of thiophene rings is 1. The Bertz CT molecular complexity index is 476. The Morgan fingerprint density at radius 2 is 2.11 bits per heavy atom. The second-order valence-corrected chi connectivity index (χ2v) is 8.15. The fourth-order valence-corrected chi connectivity index (χ4v) is 4.97. The van der Waals surface area contributed by atoms with E-state index < -0.39 is 10.0 Å². The lowest BCUT2D eigenvalue weighted by atomic mass is 10.3. The minimum absolute atomic E-state index is 0. The molecule has 0 aliphatic carbocycles. The summed E-state index contributed by atoms with van der Waals surface area (Å²) in [5.41, 5.74) is 0. The van der Waals surface area contributed by atoms with E-state index in [4.69, 9.17) is 0 Å². The van der Waals surface area contributed by atoms with E-state index in [0.29, 0.717) is 11.4 Å². The quantitative estimate of drug-likeness (QED) is 0.801. The summed E-state index contributed by atoms with van der Waals surface area (Å²) in [4.78, 5) is 1.15. The summed E-state index contributed by atoms with van der Waals surface area (Å²) < 4.78 is 27.5. The number of hydrogen-bond acceptors (Lipinski definition) is 4. The summed E-state index contributed by atoms with van der Waals surface area (Å²) in [5.74, 6) is 0. The summed E-state index contributed by atoms with van der Waals surface area (Å²) in [6.45, 7) is 6.96. The Morgan fingerprint density at radius 1 is 1.50 bits per heavy atom. The van der Waals surface area contributed by atoms with Crippen LogP contribution in [0.4, 0.5) is 0 Å². The summed E-state index contributed by atoms with van der Waals surface area (Å²) in [6, 6.07) is 1.76. The lowest BCUT2D eigenvalue weighted by Crippen LogP contribution is -2.38. The second kappa shape index (κ2) is 7.81. The molecule has 4 nitrogen and oxygen atoms in total. The fraction of sp³-hybridized carbons (Fsp3) is 0.600. The number of aryl methyl sites for hydroxylation is 1. The molecule has 8 heteroatoms. The Kier molecular flexibility index (Phi) is 7.96. The third-order valence-electron chi connectivity index (χ3n) is 2.26. The molecule has 0 bridgehead atoms. The van der Waals surface area contributed by atoms with Gasteiger partial charge in [-0.15, -0.1) is 23.7 Å². The van der Waals surface area contributed by atoms with Crippen LogP contribution in [0.3, 0.4) is 0 Å². The van der Waals surface area contributed by atoms with Gasteiger partial charge in [0.2, 0.25) is 10.0 Å². The van der Waals surface area contributed by atoms with Crippen LogP contribution in [0.2, 0.25) is 0 Å². The maximum atomic E-state index is 12.0. The molecule has 1 rings (SSSR count). The average molecular weight is 378 g/mol. The molecule has 106 valence electrons. The van der Waals surface area contributed by atoms with Gasteiger partial charge in [0.15, 0.2) is 0 Å². The number of rotatable bonds is 6. The van der Waals surface area contributed by atoms with Gasteiger partial charge in [0, 0.05) is 17.5 Å². The molecule has 0 saturated heterocycles. The first-order chi connectivity index (χ1) is 7.86. The molecule has 0 radical (unpaired) electrons. The highest BCUT2D eigenvalue weighted by molar-refractivity contribution is 9.11. The number of hydrogen-bond donors (Lipinski definition) is 2. The van der Waals surface area contributed by atoms with Gasteiger partial charge in [0.25, 0.3) is 0 Å². The van der Waals surface area contributed by atoms with Crippen molar-refractivity contribution in [2.45, 2.75) is 31.7 Å². The maximum absolute atomic E-state index is 12.0. The summed E-state index contributed by atoms with van der Waals surface area (Å²) in [5, 5.41) is 3.16. The molecule has 1 heterocycles. The number of nitrogens with one attached hydrogen (secondary N) is 2. The average Bonchev–Trinajstić information content (AvgIpc) is 2.56. The van der Waals surface area contributed by atoms with E-state index in [0.717, 1.165) is 15.2 Å². The van der Waals surface area contributed by atoms with Crippen LogP contribution in [-0.4, -0.2) is 27.5 Å². The second-order valence-electron chi connectivity index (χ2n) is 3.78. The molecule has 1 aromatic rings. The van der Waals surface area contributed by atoms with E-state index in [9.17, 15) is 8.42 Å². The molecular weight excluding hydrogens is 360 g/mol. The van der Waals surface area contributed by atoms with E-state index in [-0.39, 0.29) is 18.4 Å². The Hall–Kier alpha value is 0.340. The minimum Gasteiger partial charge on any atom is -0.313 e. The summed E-state index contributed by atoms with van der Waals surface area (Å²) in [6.07, 6.45) is 0. The predicted octanol–water partition coefficient (Wildman–Crippen LogP) is 2.52. The molecule has 0 saturated carbocycles. The lowest BCUT2D eigenvalue weighted by Gasteiger charge is -2.13. The number of halogens is 2. The molecule has 0 aliphatic heterocycles. The first kappa shape index (κ1) is 18.3. The van der Waals surface area contributed by atoms with E-state index in [1.54, 1.807) is 13.0 Å². The lowest BCUT2D eigenvalue weighted by molar-refractivity contribution is 0.536. The van der Waals surface area contributed by atoms with Crippen molar-refractivity contribution < 1.29 is 8.42 Å². The monoisotopic (exact) mass is 376 g/mol. The molecule has 2 N–H and O–H groups in total. The van der Waals surface area contributed by atoms with Crippen molar-refractivity contribution in [2.75, 3.05) is 13.1 Å². The van der Waals surface area contributed by atoms with E-state index >= 15 is 0 Å². The third kappa shape index (κ3) is 5.14. The van der Waals surface area contributed by atoms with Crippen molar-refractivity contribution in [2.24, 2.45) is 0 Å². The Balaban J connectivity index is 0.00000289. The van der Waals surface area contributed by atoms with E-state index in [1.165, 1.54) is 11.3 Å². The zero-order valence-corrected chi connectivity index (χ0v) is 14.5. The molecule has 18 heavy (non-hydrogen) atoms. The Morgan fingerprint density at radius 3 is 2.56 bits per heavy atom. The van der Waals surface area contributed by atoms with Crippen LogP contribution < -0.4 is 10.0 Å². The van der Waals surface area contributed by atoms with Crippen LogP contribution in [0.25, 0.3) is 0 Å². The third-order valence-corrected chi connectivity index (χ3v) is 5.50. The summed E-state index contributed by atoms with van der Waals surface area (Å²) >= 11 is 4.72. The van der Waals surface area contributed by atoms with Gasteiger partial charge in [-0.2, -0.15) is 0 Å². The van der Waals surface area contributed by atoms with Crippen molar-refractivity contribution in [3.63, 3.8) is 0 Å². The fourth-order valence-electron chi connectivity index (χ4n) is 1.43. The molecule has 0 spiro atoms. The van der Waals surface area contributed by atoms with E-state index in [2.05, 4.69) is 26.0 Å². The highest BCUT2D eigenvalue weighted by Gasteiger charge is 2.19. The van der Waals surface area contributed by atoms with Crippen LogP contribution in [0, 0.1) is 6.92 Å². The van der Waals surface area contributed by atoms with Gasteiger partial charge in [-0.1, -0.05) is 6.92 Å². The van der Waals surface area contributed by atoms with E-state index in [1.807, 2.05) is 13.8 Å². The van der Waals surface area contributed by atoms with Crippen LogP contribution in [0.5, 0.6) is 0 Å². The van der Waals surface area contributed by atoms with Gasteiger partial charge in [-0.05, 0) is 42.4 Å². The van der Waals surface area contributed by atoms with Crippen molar-refractivity contribution >= 4 is 49.7 Å². The van der Waals surface area contributed by atoms with Crippen molar-refractivity contribution in [3.05, 3.63) is 14.7 Å². The van der Waals surface area contributed by atoms with Gasteiger partial charge in [0.1, 0.15) is 0 Å². The first-order valence-corrected chi connectivity index (χ1v) is 8.45. The molecular formula is C10H18BrClN2O2S2. The normalized spacial score (nSPS) is 13.1. The predicted molar refractivity (Wildman–Crippen MR) is 82.3 cm³/mol. The molecule has 0 fully saturated rings. The van der Waals surface area contributed by atoms with Crippen molar-refractivity contribution in [1.29, 1.82) is 0 Å². The molecule has 0 aromatic carbocycles. The topological polar surface area (TPSA) is 58.2 Å². The van der Waals surface area contributed by atoms with Gasteiger partial charge >= 0.3 is 0 Å². The van der Waals surface area contributed by atoms with Crippen molar-refractivity contribution in [3.8, 4) is 0 Å². The van der Waals surface area contributed by atoms with Crippen LogP contribution in [0.15, 0.2) is 14.7 Å². The smallest absolute Gasteiger partial charge is 0.241 e. The van der Waals surface area contributed by atoms with Gasteiger partial charge in [-0.25, -0.2) is 13.1 Å². The highest BCUT2D eigenvalue weighted by Crippen LogP contribution is 2.29. The number of sulfonamides is 1. The molecule has 1 atom stereocenters. The zero-order chi connectivity index (χ0) is 13.1. The maximum Gasteiger partial charge on any atom is 0.241 e. The van der Waals surface area contributed by atoms with Crippen LogP contribution >= 0.6 is 39.7 Å². The van der Waals surface area contributed by atoms with Gasteiger partial charge in [-0.3, -0.25) is 0 Å². The van der Waals surface area contributed by atoms with Gasteiger partial charge < -0.3 is 5.32 Å². The van der Waals surface area contributed by atoms with Crippen LogP contribution in [-0.2, 0) is 10.0 Å². The molecule has 1 aromatic heterocycles. The minimum atomic E-state index is -3.39. The summed E-state index contributed by atoms with van der Waals surface area (Å²) in [7, 11) is -3.39. The molecule has 0 amide bonds. The Labute approximate surface area is 127 Å². The zero-order valence-electron chi connectivity index (χ0n) is 10.5. The highest BCUT2D eigenvalue weighted by atomic mass is 79.9. The van der Waals surface area contributed by atoms with Crippen LogP contribution in [0.1, 0.15) is 18.7 Å². The SMILES string of the molecule is CCN[C@H](C)CNS(=O)(=O)c1cc(Br)sc1C.Cl. The standard InChI is InChI=1S/C10H17BrN2O2S2.ClH/c1-4-12-7(2)6-13-17(14,15)9-5-10(11)16-8(9)3;/h5,7,12-13H,4,6H2,1-3H3;1H/t7-;/m1./s1. The van der Waals surface area contributed by atoms with Gasteiger partial charge in [0.05, 0.1) is 8.68 Å². The van der Waals surface area contributed by atoms with Crippen molar-refractivity contribution in [1.82, 2.24) is 10.0 Å². The molecule has 0 unspecified atom stereocenters. The molecule has 0 aliphatic rings. The largest absolute Gasteiger partial charge is 0.313 e.